The second-order valence-electron chi connectivity index (χ2n) is 11.4. The summed E-state index contributed by atoms with van der Waals surface area (Å²) in [5, 5.41) is 30.3. The Morgan fingerprint density at radius 3 is 1.10 bits per heavy atom. The molecule has 0 amide bonds. The Balaban J connectivity index is 5.18. The molecule has 0 aromatic carbocycles. The minimum absolute atomic E-state index is 0.178. The Labute approximate surface area is 247 Å². The van der Waals surface area contributed by atoms with Crippen molar-refractivity contribution in [2.45, 2.75) is 117 Å². The standard InChI is InChI=1S/C31H58O10/c1-4-7-10-13-16-27(35)39-24-30(19-32,20-33)22-38-23-31(21-34,25-40-28(36)17-14-11-8-5-2)26-41-29(37)18-15-12-9-6-3/h32-34H,4-26H2,1-3H3. The fourth-order valence-corrected chi connectivity index (χ4v) is 4.03. The molecule has 0 atom stereocenters. The molecule has 0 unspecified atom stereocenters. The largest absolute Gasteiger partial charge is 0.465 e. The van der Waals surface area contributed by atoms with Crippen LogP contribution in [0.2, 0.25) is 0 Å². The van der Waals surface area contributed by atoms with Crippen LogP contribution in [0.25, 0.3) is 0 Å². The molecule has 0 bridgehead atoms. The quantitative estimate of drug-likeness (QED) is 0.0676. The summed E-state index contributed by atoms with van der Waals surface area (Å²) in [5.41, 5.74) is -2.49. The van der Waals surface area contributed by atoms with E-state index >= 15 is 0 Å². The highest BCUT2D eigenvalue weighted by Crippen LogP contribution is 2.24. The van der Waals surface area contributed by atoms with Crippen molar-refractivity contribution in [3.8, 4) is 0 Å². The van der Waals surface area contributed by atoms with Crippen LogP contribution in [0.15, 0.2) is 0 Å². The van der Waals surface area contributed by atoms with Crippen LogP contribution < -0.4 is 0 Å². The Kier molecular flexibility index (Phi) is 23.8. The van der Waals surface area contributed by atoms with Gasteiger partial charge in [-0.2, -0.15) is 0 Å². The highest BCUT2D eigenvalue weighted by molar-refractivity contribution is 5.70. The van der Waals surface area contributed by atoms with Crippen molar-refractivity contribution < 1.29 is 48.7 Å². The molecule has 0 saturated carbocycles. The predicted molar refractivity (Wildman–Crippen MR) is 156 cm³/mol. The average Bonchev–Trinajstić information content (AvgIpc) is 2.98. The first-order valence-corrected chi connectivity index (χ1v) is 15.6. The van der Waals surface area contributed by atoms with Crippen molar-refractivity contribution in [2.75, 3.05) is 52.9 Å². The number of aliphatic hydroxyl groups excluding tert-OH is 3. The molecule has 3 N–H and O–H groups in total. The van der Waals surface area contributed by atoms with Gasteiger partial charge in [0.15, 0.2) is 0 Å². The van der Waals surface area contributed by atoms with Gasteiger partial charge in [-0.25, -0.2) is 0 Å². The van der Waals surface area contributed by atoms with Gasteiger partial charge in [-0.1, -0.05) is 78.6 Å². The number of hydrogen-bond donors (Lipinski definition) is 3. The lowest BCUT2D eigenvalue weighted by atomic mass is 9.90. The van der Waals surface area contributed by atoms with Crippen molar-refractivity contribution >= 4 is 17.9 Å². The lowest BCUT2D eigenvalue weighted by Crippen LogP contribution is -2.45. The lowest BCUT2D eigenvalue weighted by Gasteiger charge is -2.34. The second kappa shape index (κ2) is 24.8. The van der Waals surface area contributed by atoms with E-state index in [0.29, 0.717) is 19.3 Å². The highest BCUT2D eigenvalue weighted by Gasteiger charge is 2.37. The van der Waals surface area contributed by atoms with Crippen LogP contribution in [0, 0.1) is 10.8 Å². The summed E-state index contributed by atoms with van der Waals surface area (Å²) in [6.45, 7) is 3.70. The normalized spacial score (nSPS) is 11.9. The summed E-state index contributed by atoms with van der Waals surface area (Å²) in [6.07, 6.45) is 11.9. The number of ether oxygens (including phenoxy) is 4. The molecule has 0 fully saturated rings. The summed E-state index contributed by atoms with van der Waals surface area (Å²) in [4.78, 5) is 36.8. The third-order valence-electron chi connectivity index (χ3n) is 7.14. The van der Waals surface area contributed by atoms with Gasteiger partial charge in [-0.05, 0) is 19.3 Å². The van der Waals surface area contributed by atoms with E-state index < -0.39 is 48.6 Å². The van der Waals surface area contributed by atoms with Crippen LogP contribution in [0.3, 0.4) is 0 Å². The van der Waals surface area contributed by atoms with E-state index in [-0.39, 0.29) is 52.3 Å². The third-order valence-corrected chi connectivity index (χ3v) is 7.14. The Hall–Kier alpha value is -1.75. The topological polar surface area (TPSA) is 149 Å². The Morgan fingerprint density at radius 1 is 0.463 bits per heavy atom. The van der Waals surface area contributed by atoms with Crippen molar-refractivity contribution in [2.24, 2.45) is 10.8 Å². The third kappa shape index (κ3) is 19.1. The molecule has 41 heavy (non-hydrogen) atoms. The molecule has 0 aliphatic heterocycles. The second-order valence-corrected chi connectivity index (χ2v) is 11.4. The zero-order valence-electron chi connectivity index (χ0n) is 26.0. The molecule has 242 valence electrons. The summed E-state index contributed by atoms with van der Waals surface area (Å²) >= 11 is 0. The predicted octanol–water partition coefficient (Wildman–Crippen LogP) is 4.49. The van der Waals surface area contributed by atoms with Gasteiger partial charge < -0.3 is 34.3 Å². The number of hydrogen-bond acceptors (Lipinski definition) is 10. The molecular formula is C31H58O10. The minimum Gasteiger partial charge on any atom is -0.465 e. The fourth-order valence-electron chi connectivity index (χ4n) is 4.03. The van der Waals surface area contributed by atoms with Crippen LogP contribution in [0.4, 0.5) is 0 Å². The van der Waals surface area contributed by atoms with Gasteiger partial charge in [0.25, 0.3) is 0 Å². The minimum atomic E-state index is -1.26. The van der Waals surface area contributed by atoms with Crippen LogP contribution in [0.5, 0.6) is 0 Å². The maximum atomic E-state index is 12.3. The zero-order chi connectivity index (χ0) is 30.8. The van der Waals surface area contributed by atoms with Gasteiger partial charge >= 0.3 is 17.9 Å². The molecule has 0 saturated heterocycles. The van der Waals surface area contributed by atoms with Crippen LogP contribution in [-0.4, -0.2) is 86.1 Å². The van der Waals surface area contributed by atoms with Gasteiger partial charge in [-0.15, -0.1) is 0 Å². The monoisotopic (exact) mass is 590 g/mol. The maximum Gasteiger partial charge on any atom is 0.305 e. The number of esters is 3. The molecule has 0 rings (SSSR count). The number of aliphatic hydroxyl groups is 3. The molecule has 10 heteroatoms. The summed E-state index contributed by atoms with van der Waals surface area (Å²) in [6, 6.07) is 0. The molecule has 0 heterocycles. The molecule has 0 radical (unpaired) electrons. The highest BCUT2D eigenvalue weighted by atomic mass is 16.6. The van der Waals surface area contributed by atoms with Gasteiger partial charge in [0, 0.05) is 19.3 Å². The average molecular weight is 591 g/mol. The molecule has 0 aromatic heterocycles. The first-order chi connectivity index (χ1) is 19.8. The molecular weight excluding hydrogens is 532 g/mol. The van der Waals surface area contributed by atoms with Gasteiger partial charge in [0.2, 0.25) is 0 Å². The number of carbonyl (C=O) groups is 3. The van der Waals surface area contributed by atoms with Gasteiger partial charge in [-0.3, -0.25) is 14.4 Å². The zero-order valence-corrected chi connectivity index (χ0v) is 26.0. The summed E-state index contributed by atoms with van der Waals surface area (Å²) in [5.74, 6) is -1.22. The van der Waals surface area contributed by atoms with E-state index in [4.69, 9.17) is 18.9 Å². The van der Waals surface area contributed by atoms with Crippen LogP contribution in [0.1, 0.15) is 117 Å². The number of rotatable bonds is 28. The van der Waals surface area contributed by atoms with Gasteiger partial charge in [0.1, 0.15) is 19.8 Å². The van der Waals surface area contributed by atoms with E-state index in [9.17, 15) is 29.7 Å². The first-order valence-electron chi connectivity index (χ1n) is 15.6. The number of unbranched alkanes of at least 4 members (excludes halogenated alkanes) is 9. The van der Waals surface area contributed by atoms with E-state index in [1.165, 1.54) is 0 Å². The molecule has 0 spiro atoms. The molecule has 10 nitrogen and oxygen atoms in total. The molecule has 0 aliphatic rings. The van der Waals surface area contributed by atoms with Crippen molar-refractivity contribution in [3.05, 3.63) is 0 Å². The summed E-state index contributed by atoms with van der Waals surface area (Å²) in [7, 11) is 0. The van der Waals surface area contributed by atoms with Gasteiger partial charge in [0.05, 0.1) is 43.9 Å². The molecule has 0 aromatic rings. The first kappa shape index (κ1) is 39.2. The smallest absolute Gasteiger partial charge is 0.305 e. The van der Waals surface area contributed by atoms with Crippen molar-refractivity contribution in [1.82, 2.24) is 0 Å². The van der Waals surface area contributed by atoms with Crippen LogP contribution in [-0.2, 0) is 33.3 Å². The van der Waals surface area contributed by atoms with Crippen molar-refractivity contribution in [1.29, 1.82) is 0 Å². The maximum absolute atomic E-state index is 12.3. The fraction of sp³-hybridized carbons (Fsp3) is 0.903. The van der Waals surface area contributed by atoms with E-state index in [2.05, 4.69) is 20.8 Å². The lowest BCUT2D eigenvalue weighted by molar-refractivity contribution is -0.165. The Bertz CT molecular complexity index is 650. The van der Waals surface area contributed by atoms with Crippen molar-refractivity contribution in [3.63, 3.8) is 0 Å². The Morgan fingerprint density at radius 2 is 0.780 bits per heavy atom. The summed E-state index contributed by atoms with van der Waals surface area (Å²) < 4.78 is 22.0. The van der Waals surface area contributed by atoms with E-state index in [1.807, 2.05) is 0 Å². The molecule has 0 aliphatic carbocycles. The van der Waals surface area contributed by atoms with E-state index in [0.717, 1.165) is 57.8 Å². The number of carbonyl (C=O) groups excluding carboxylic acids is 3. The van der Waals surface area contributed by atoms with Crippen LogP contribution >= 0.6 is 0 Å². The SMILES string of the molecule is CCCCCCC(=O)OCC(CO)(CO)COCC(CO)(COC(=O)CCCCCC)COC(=O)CCCCCC. The van der Waals surface area contributed by atoms with E-state index in [1.54, 1.807) is 0 Å².